The van der Waals surface area contributed by atoms with Gasteiger partial charge >= 0.3 is 0 Å². The minimum Gasteiger partial charge on any atom is -0.448 e. The maximum atomic E-state index is 5.85. The van der Waals surface area contributed by atoms with Crippen molar-refractivity contribution in [3.05, 3.63) is 70.6 Å². The minimum absolute atomic E-state index is 0.00509. The maximum Gasteiger partial charge on any atom is 0.193 e. The first-order valence-corrected chi connectivity index (χ1v) is 7.34. The van der Waals surface area contributed by atoms with Crippen LogP contribution in [0, 0.1) is 6.92 Å². The van der Waals surface area contributed by atoms with Gasteiger partial charge in [0.25, 0.3) is 0 Å². The molecule has 3 aromatic rings. The van der Waals surface area contributed by atoms with Crippen LogP contribution in [0.4, 0.5) is 0 Å². The molecule has 0 radical (unpaired) electrons. The third kappa shape index (κ3) is 2.31. The lowest BCUT2D eigenvalue weighted by molar-refractivity contribution is 0.522. The molecule has 0 aliphatic rings. The molecule has 0 aliphatic carbocycles. The Morgan fingerprint density at radius 3 is 2.42 bits per heavy atom. The topological polar surface area (TPSA) is 13.1 Å². The van der Waals surface area contributed by atoms with Crippen LogP contribution in [0.1, 0.15) is 21.7 Å². The van der Waals surface area contributed by atoms with Gasteiger partial charge in [-0.15, -0.1) is 0 Å². The number of aryl methyl sites for hydroxylation is 1. The Labute approximate surface area is 125 Å². The summed E-state index contributed by atoms with van der Waals surface area (Å²) in [6.45, 7) is 2.12. The molecule has 0 N–H and O–H groups in total. The summed E-state index contributed by atoms with van der Waals surface area (Å²) in [5.74, 6) is 0.819. The number of benzene rings is 2. The lowest BCUT2D eigenvalue weighted by atomic mass is 9.98. The third-order valence-electron chi connectivity index (χ3n) is 3.29. The molecular weight excluding hydrogens is 324 g/mol. The fraction of sp³-hybridized carbons (Fsp3) is 0.125. The summed E-state index contributed by atoms with van der Waals surface area (Å²) >= 11 is 9.55. The largest absolute Gasteiger partial charge is 0.448 e. The molecule has 0 saturated heterocycles. The second-order valence-corrected chi connectivity index (χ2v) is 5.81. The van der Waals surface area contributed by atoms with Gasteiger partial charge in [0.1, 0.15) is 5.76 Å². The van der Waals surface area contributed by atoms with Crippen LogP contribution in [0.5, 0.6) is 0 Å². The molecule has 0 aliphatic heterocycles. The standard InChI is InChI=1S/C16H12BrClO/c1-10-6-7-13(12-5-3-2-4-11(10)12)16(17)14-8-9-15(18)19-14/h2-9,16H,1H3. The first-order chi connectivity index (χ1) is 9.16. The van der Waals surface area contributed by atoms with Crippen LogP contribution in [-0.4, -0.2) is 0 Å². The van der Waals surface area contributed by atoms with Crippen molar-refractivity contribution in [1.29, 1.82) is 0 Å². The van der Waals surface area contributed by atoms with Crippen molar-refractivity contribution < 1.29 is 4.42 Å². The molecule has 2 aromatic carbocycles. The zero-order chi connectivity index (χ0) is 13.4. The SMILES string of the molecule is Cc1ccc(C(Br)c2ccc(Cl)o2)c2ccccc12. The van der Waals surface area contributed by atoms with E-state index in [1.54, 1.807) is 6.07 Å². The molecule has 0 fully saturated rings. The Hall–Kier alpha value is -1.25. The zero-order valence-electron chi connectivity index (χ0n) is 10.4. The second-order valence-electron chi connectivity index (χ2n) is 4.52. The Morgan fingerprint density at radius 1 is 1.00 bits per heavy atom. The van der Waals surface area contributed by atoms with E-state index in [9.17, 15) is 0 Å². The summed E-state index contributed by atoms with van der Waals surface area (Å²) in [6.07, 6.45) is 0. The Bertz CT molecular complexity index is 732. The number of alkyl halides is 1. The molecule has 0 bridgehead atoms. The van der Waals surface area contributed by atoms with E-state index in [2.05, 4.69) is 59.3 Å². The highest BCUT2D eigenvalue weighted by molar-refractivity contribution is 9.09. The van der Waals surface area contributed by atoms with Gasteiger partial charge < -0.3 is 4.42 Å². The van der Waals surface area contributed by atoms with Gasteiger partial charge in [-0.05, 0) is 52.6 Å². The van der Waals surface area contributed by atoms with Crippen molar-refractivity contribution in [2.75, 3.05) is 0 Å². The van der Waals surface area contributed by atoms with Gasteiger partial charge in [-0.2, -0.15) is 0 Å². The van der Waals surface area contributed by atoms with E-state index in [1.165, 1.54) is 21.9 Å². The summed E-state index contributed by atoms with van der Waals surface area (Å²) in [4.78, 5) is 0.00509. The van der Waals surface area contributed by atoms with Crippen LogP contribution in [0.15, 0.2) is 52.9 Å². The monoisotopic (exact) mass is 334 g/mol. The highest BCUT2D eigenvalue weighted by atomic mass is 79.9. The van der Waals surface area contributed by atoms with Crippen LogP contribution in [0.25, 0.3) is 10.8 Å². The predicted octanol–water partition coefficient (Wildman–Crippen LogP) is 5.88. The Morgan fingerprint density at radius 2 is 1.74 bits per heavy atom. The Kier molecular flexibility index (Phi) is 3.38. The number of hydrogen-bond donors (Lipinski definition) is 0. The minimum atomic E-state index is 0.00509. The van der Waals surface area contributed by atoms with Gasteiger partial charge in [0.15, 0.2) is 5.22 Å². The fourth-order valence-electron chi connectivity index (χ4n) is 2.31. The van der Waals surface area contributed by atoms with E-state index in [-0.39, 0.29) is 4.83 Å². The molecule has 0 spiro atoms. The molecule has 1 aromatic heterocycles. The molecule has 1 heterocycles. The van der Waals surface area contributed by atoms with E-state index in [1.807, 2.05) is 6.07 Å². The summed E-state index contributed by atoms with van der Waals surface area (Å²) < 4.78 is 5.50. The number of rotatable bonds is 2. The normalized spacial score (nSPS) is 12.8. The van der Waals surface area contributed by atoms with Gasteiger partial charge in [-0.3, -0.25) is 0 Å². The molecule has 3 heteroatoms. The van der Waals surface area contributed by atoms with Crippen molar-refractivity contribution in [2.24, 2.45) is 0 Å². The quantitative estimate of drug-likeness (QED) is 0.533. The summed E-state index contributed by atoms with van der Waals surface area (Å²) in [5.41, 5.74) is 2.46. The van der Waals surface area contributed by atoms with Crippen LogP contribution in [0.3, 0.4) is 0 Å². The van der Waals surface area contributed by atoms with Gasteiger partial charge in [-0.1, -0.05) is 52.3 Å². The first kappa shape index (κ1) is 12.8. The van der Waals surface area contributed by atoms with Crippen molar-refractivity contribution in [3.63, 3.8) is 0 Å². The van der Waals surface area contributed by atoms with E-state index >= 15 is 0 Å². The van der Waals surface area contributed by atoms with Gasteiger partial charge in [0.2, 0.25) is 0 Å². The van der Waals surface area contributed by atoms with E-state index in [0.717, 1.165) is 5.76 Å². The molecule has 3 rings (SSSR count). The number of fused-ring (bicyclic) bond motifs is 1. The number of furan rings is 1. The predicted molar refractivity (Wildman–Crippen MR) is 83.2 cm³/mol. The smallest absolute Gasteiger partial charge is 0.193 e. The van der Waals surface area contributed by atoms with Crippen molar-refractivity contribution in [2.45, 2.75) is 11.8 Å². The average Bonchev–Trinajstić information content (AvgIpc) is 2.86. The molecule has 96 valence electrons. The molecule has 0 amide bonds. The lowest BCUT2D eigenvalue weighted by Gasteiger charge is -2.12. The van der Waals surface area contributed by atoms with Gasteiger partial charge in [0.05, 0.1) is 4.83 Å². The van der Waals surface area contributed by atoms with Gasteiger partial charge in [0, 0.05) is 0 Å². The molecular formula is C16H12BrClO. The zero-order valence-corrected chi connectivity index (χ0v) is 12.7. The summed E-state index contributed by atoms with van der Waals surface area (Å²) in [7, 11) is 0. The van der Waals surface area contributed by atoms with Crippen LogP contribution in [0.2, 0.25) is 5.22 Å². The van der Waals surface area contributed by atoms with E-state index < -0.39 is 0 Å². The van der Waals surface area contributed by atoms with Gasteiger partial charge in [-0.25, -0.2) is 0 Å². The first-order valence-electron chi connectivity index (χ1n) is 6.04. The lowest BCUT2D eigenvalue weighted by Crippen LogP contribution is -1.93. The summed E-state index contributed by atoms with van der Waals surface area (Å²) in [5, 5.41) is 2.91. The average molecular weight is 336 g/mol. The molecule has 19 heavy (non-hydrogen) atoms. The number of hydrogen-bond acceptors (Lipinski definition) is 1. The highest BCUT2D eigenvalue weighted by Gasteiger charge is 2.17. The molecule has 1 nitrogen and oxygen atoms in total. The van der Waals surface area contributed by atoms with Crippen LogP contribution < -0.4 is 0 Å². The second kappa shape index (κ2) is 5.03. The molecule has 0 saturated carbocycles. The number of halogens is 2. The van der Waals surface area contributed by atoms with Crippen molar-refractivity contribution >= 4 is 38.3 Å². The van der Waals surface area contributed by atoms with E-state index in [0.29, 0.717) is 5.22 Å². The third-order valence-corrected chi connectivity index (χ3v) is 4.44. The molecule has 1 unspecified atom stereocenters. The van der Waals surface area contributed by atoms with Crippen molar-refractivity contribution in [1.82, 2.24) is 0 Å². The van der Waals surface area contributed by atoms with Crippen molar-refractivity contribution in [3.8, 4) is 0 Å². The summed E-state index contributed by atoms with van der Waals surface area (Å²) in [6, 6.07) is 16.3. The van der Waals surface area contributed by atoms with Crippen LogP contribution in [-0.2, 0) is 0 Å². The fourth-order valence-corrected chi connectivity index (χ4v) is 3.11. The highest BCUT2D eigenvalue weighted by Crippen LogP contribution is 2.37. The Balaban J connectivity index is 2.18. The maximum absolute atomic E-state index is 5.85. The van der Waals surface area contributed by atoms with E-state index in [4.69, 9.17) is 16.0 Å². The molecule has 1 atom stereocenters. The van der Waals surface area contributed by atoms with Crippen LogP contribution >= 0.6 is 27.5 Å².